The normalized spacial score (nSPS) is 49.9. The van der Waals surface area contributed by atoms with Crippen molar-refractivity contribution < 1.29 is 68.0 Å². The number of aliphatic carboxylic acids is 1. The number of carboxylic acids is 1. The number of hydrogen-bond donors (Lipinski definition) is 5. The Bertz CT molecular complexity index is 1410. The maximum Gasteiger partial charge on any atom is 0.335 e. The molecule has 6 aliphatic rings. The number of carboxylic acid groups (broad SMARTS) is 1. The summed E-state index contributed by atoms with van der Waals surface area (Å²) in [6.45, 7) is 6.73. The van der Waals surface area contributed by atoms with E-state index >= 15 is 0 Å². The van der Waals surface area contributed by atoms with Crippen molar-refractivity contribution in [1.82, 2.24) is 0 Å². The molecule has 14 nitrogen and oxygen atoms in total. The molecule has 6 fully saturated rings. The smallest absolute Gasteiger partial charge is 0.335 e. The monoisotopic (exact) mass is 650 g/mol. The van der Waals surface area contributed by atoms with Crippen molar-refractivity contribution in [1.29, 1.82) is 0 Å². The van der Waals surface area contributed by atoms with E-state index in [-0.39, 0.29) is 43.5 Å². The highest BCUT2D eigenvalue weighted by Gasteiger charge is 2.88. The van der Waals surface area contributed by atoms with Crippen molar-refractivity contribution in [3.05, 3.63) is 24.2 Å². The number of fused-ring (bicyclic) bond motifs is 2. The number of epoxide rings is 1. The lowest BCUT2D eigenvalue weighted by molar-refractivity contribution is -0.328. The number of ketones is 1. The van der Waals surface area contributed by atoms with Crippen LogP contribution >= 0.6 is 0 Å². The van der Waals surface area contributed by atoms with Gasteiger partial charge in [-0.3, -0.25) is 9.59 Å². The van der Waals surface area contributed by atoms with E-state index in [0.717, 1.165) is 0 Å². The van der Waals surface area contributed by atoms with Gasteiger partial charge in [0.05, 0.1) is 48.8 Å². The molecule has 0 amide bonds. The Kier molecular flexibility index (Phi) is 7.19. The minimum atomic E-state index is -1.74. The summed E-state index contributed by atoms with van der Waals surface area (Å²) in [5.74, 6) is -2.60. The average Bonchev–Trinajstić information content (AvgIpc) is 3.48. The van der Waals surface area contributed by atoms with Crippen molar-refractivity contribution in [3.63, 3.8) is 0 Å². The van der Waals surface area contributed by atoms with Gasteiger partial charge in [-0.15, -0.1) is 0 Å². The molecule has 1 aromatic heterocycles. The summed E-state index contributed by atoms with van der Waals surface area (Å²) < 4.78 is 36.1. The molecule has 1 aromatic rings. The minimum absolute atomic E-state index is 0.0199. The van der Waals surface area contributed by atoms with E-state index in [1.54, 1.807) is 19.9 Å². The Balaban J connectivity index is 1.35. The second-order valence-electron chi connectivity index (χ2n) is 14.9. The zero-order valence-corrected chi connectivity index (χ0v) is 26.2. The highest BCUT2D eigenvalue weighted by atomic mass is 16.7. The third kappa shape index (κ3) is 3.89. The Hall–Kier alpha value is -2.43. The van der Waals surface area contributed by atoms with E-state index < -0.39 is 95.0 Å². The fourth-order valence-corrected chi connectivity index (χ4v) is 10.5. The summed E-state index contributed by atoms with van der Waals surface area (Å²) in [5, 5.41) is 52.1. The second kappa shape index (κ2) is 10.3. The van der Waals surface area contributed by atoms with Gasteiger partial charge in [-0.1, -0.05) is 6.92 Å². The first-order valence-electron chi connectivity index (χ1n) is 15.9. The van der Waals surface area contributed by atoms with Crippen LogP contribution in [0.25, 0.3) is 0 Å². The van der Waals surface area contributed by atoms with E-state index in [1.807, 2.05) is 13.8 Å². The maximum atomic E-state index is 14.7. The van der Waals surface area contributed by atoms with Crippen molar-refractivity contribution in [2.45, 2.75) is 114 Å². The number of cyclic esters (lactones) is 1. The van der Waals surface area contributed by atoms with Gasteiger partial charge in [0.1, 0.15) is 42.4 Å². The Morgan fingerprint density at radius 2 is 1.78 bits per heavy atom. The van der Waals surface area contributed by atoms with Crippen LogP contribution in [0, 0.1) is 28.1 Å². The highest BCUT2D eigenvalue weighted by Crippen LogP contribution is 2.78. The van der Waals surface area contributed by atoms with E-state index in [0.29, 0.717) is 12.0 Å². The average molecular weight is 651 g/mol. The van der Waals surface area contributed by atoms with Crippen LogP contribution in [0.1, 0.15) is 65.0 Å². The number of aliphatic hydroxyl groups is 4. The Labute approximate surface area is 264 Å². The SMILES string of the molecule is CC1(C)OC2CC(=O)OC[C@@]23C1CC(=O)[C@]1(C)C3CC[C@@](C)(C(OC2OC(CO)C(O)C(O)C2O)c2ccoc2)[C@@]12OC2C(=O)O. The molecule has 254 valence electrons. The zero-order valence-electron chi connectivity index (χ0n) is 26.2. The molecule has 5 N–H and O–H groups in total. The Morgan fingerprint density at radius 3 is 2.41 bits per heavy atom. The van der Waals surface area contributed by atoms with E-state index in [9.17, 15) is 39.9 Å². The molecular formula is C32H42O14. The van der Waals surface area contributed by atoms with Crippen LogP contribution in [-0.2, 0) is 38.1 Å². The van der Waals surface area contributed by atoms with E-state index in [4.69, 9.17) is 28.1 Å². The molecule has 5 heterocycles. The molecule has 0 aromatic carbocycles. The number of hydrogen-bond acceptors (Lipinski definition) is 13. The predicted molar refractivity (Wildman–Crippen MR) is 151 cm³/mol. The first kappa shape index (κ1) is 32.1. The lowest BCUT2D eigenvalue weighted by Crippen LogP contribution is -2.72. The van der Waals surface area contributed by atoms with Crippen LogP contribution in [0.15, 0.2) is 23.0 Å². The van der Waals surface area contributed by atoms with Gasteiger partial charge in [-0.2, -0.15) is 0 Å². The maximum absolute atomic E-state index is 14.7. The molecule has 7 rings (SSSR count). The molecular weight excluding hydrogens is 608 g/mol. The van der Waals surface area contributed by atoms with Gasteiger partial charge in [0.2, 0.25) is 0 Å². The molecule has 0 radical (unpaired) electrons. The standard InChI is InChI=1S/C32H42O14/c1-28(2)17-9-18(34)30(4)16(31(17)13-42-20(35)10-19(31)45-28)5-7-29(3,32(30)25(46-32)26(39)40)24(14-6-8-41-12-14)44-27-23(38)22(37)21(36)15(11-33)43-27/h6,8,12,15-17,19,21-25,27,33,36-38H,5,7,9-11,13H2,1-4H3,(H,39,40)/t15?,16?,17?,19?,21?,22?,23?,24?,25?,27?,29-,30-,31+,32+/m0/s1. The Morgan fingerprint density at radius 1 is 1.04 bits per heavy atom. The van der Waals surface area contributed by atoms with Gasteiger partial charge >= 0.3 is 11.9 Å². The number of rotatable bonds is 6. The van der Waals surface area contributed by atoms with Gasteiger partial charge in [0.25, 0.3) is 0 Å². The number of furan rings is 1. The number of carbonyl (C=O) groups is 3. The van der Waals surface area contributed by atoms with Crippen LogP contribution in [0.2, 0.25) is 0 Å². The third-order valence-electron chi connectivity index (χ3n) is 12.6. The van der Waals surface area contributed by atoms with Crippen molar-refractivity contribution >= 4 is 17.7 Å². The molecule has 14 heteroatoms. The number of ether oxygens (including phenoxy) is 5. The van der Waals surface area contributed by atoms with Crippen LogP contribution in [0.3, 0.4) is 0 Å². The largest absolute Gasteiger partial charge is 0.479 e. The van der Waals surface area contributed by atoms with Gasteiger partial charge in [0, 0.05) is 28.7 Å². The van der Waals surface area contributed by atoms with Crippen LogP contribution in [-0.4, -0.2) is 111 Å². The second-order valence-corrected chi connectivity index (χ2v) is 14.9. The molecule has 10 unspecified atom stereocenters. The van der Waals surface area contributed by atoms with Crippen LogP contribution < -0.4 is 0 Å². The van der Waals surface area contributed by atoms with Crippen molar-refractivity contribution in [3.8, 4) is 0 Å². The van der Waals surface area contributed by atoms with Gasteiger partial charge < -0.3 is 53.6 Å². The summed E-state index contributed by atoms with van der Waals surface area (Å²) in [5.41, 5.74) is -5.40. The molecule has 2 spiro atoms. The van der Waals surface area contributed by atoms with Crippen molar-refractivity contribution in [2.24, 2.45) is 28.1 Å². The first-order chi connectivity index (χ1) is 21.6. The summed E-state index contributed by atoms with van der Waals surface area (Å²) >= 11 is 0. The van der Waals surface area contributed by atoms with Crippen LogP contribution in [0.4, 0.5) is 0 Å². The zero-order chi connectivity index (χ0) is 33.2. The number of Topliss-reactive ketones (excluding diaryl/α,β-unsaturated/α-hetero) is 1. The summed E-state index contributed by atoms with van der Waals surface area (Å²) in [7, 11) is 0. The molecule has 2 aliphatic carbocycles. The summed E-state index contributed by atoms with van der Waals surface area (Å²) in [4.78, 5) is 40.1. The van der Waals surface area contributed by atoms with Crippen LogP contribution in [0.5, 0.6) is 0 Å². The van der Waals surface area contributed by atoms with Gasteiger partial charge in [0.15, 0.2) is 12.4 Å². The number of aliphatic hydroxyl groups excluding tert-OH is 4. The predicted octanol–water partition coefficient (Wildman–Crippen LogP) is 0.482. The van der Waals surface area contributed by atoms with E-state index in [2.05, 4.69) is 0 Å². The fraction of sp³-hybridized carbons (Fsp3) is 0.781. The minimum Gasteiger partial charge on any atom is -0.479 e. The summed E-state index contributed by atoms with van der Waals surface area (Å²) in [6.07, 6.45) is -7.39. The molecule has 4 aliphatic heterocycles. The van der Waals surface area contributed by atoms with E-state index in [1.165, 1.54) is 12.5 Å². The molecule has 14 atom stereocenters. The van der Waals surface area contributed by atoms with Crippen molar-refractivity contribution in [2.75, 3.05) is 13.2 Å². The number of esters is 1. The lowest BCUT2D eigenvalue weighted by atomic mass is 9.37. The number of carbonyl (C=O) groups excluding carboxylic acids is 2. The fourth-order valence-electron chi connectivity index (χ4n) is 10.5. The van der Waals surface area contributed by atoms with Gasteiger partial charge in [-0.05, 0) is 45.6 Å². The quantitative estimate of drug-likeness (QED) is 0.209. The molecule has 2 saturated carbocycles. The molecule has 46 heavy (non-hydrogen) atoms. The third-order valence-corrected chi connectivity index (χ3v) is 12.6. The lowest BCUT2D eigenvalue weighted by Gasteiger charge is -2.64. The molecule has 0 bridgehead atoms. The molecule has 4 saturated heterocycles. The van der Waals surface area contributed by atoms with Gasteiger partial charge in [-0.25, -0.2) is 4.79 Å². The first-order valence-corrected chi connectivity index (χ1v) is 15.9. The highest BCUT2D eigenvalue weighted by molar-refractivity contribution is 5.92. The summed E-state index contributed by atoms with van der Waals surface area (Å²) in [6, 6.07) is 1.61. The topological polar surface area (TPSA) is 215 Å².